The number of nitrogens with zero attached hydrogens (tertiary/aromatic N) is 2. The smallest absolute Gasteiger partial charge is 0.407 e. The van der Waals surface area contributed by atoms with E-state index in [2.05, 4.69) is 25.2 Å². The normalized spacial score (nSPS) is 11.8. The first-order chi connectivity index (χ1) is 10.1. The minimum absolute atomic E-state index is 0.321. The minimum atomic E-state index is -0.510. The molecule has 112 valence electrons. The van der Waals surface area contributed by atoms with Gasteiger partial charge < -0.3 is 14.8 Å². The van der Waals surface area contributed by atoms with Gasteiger partial charge in [-0.2, -0.15) is 5.10 Å². The number of amides is 1. The molecule has 1 unspecified atom stereocenters. The van der Waals surface area contributed by atoms with Gasteiger partial charge in [-0.3, -0.25) is 5.10 Å². The highest BCUT2D eigenvalue weighted by Gasteiger charge is 2.14. The summed E-state index contributed by atoms with van der Waals surface area (Å²) in [6, 6.07) is 7.41. The summed E-state index contributed by atoms with van der Waals surface area (Å²) >= 11 is 0. The molecule has 0 bridgehead atoms. The molecule has 21 heavy (non-hydrogen) atoms. The Morgan fingerprint density at radius 3 is 2.67 bits per heavy atom. The van der Waals surface area contributed by atoms with Crippen LogP contribution in [0, 0.1) is 0 Å². The molecule has 0 saturated heterocycles. The number of hydrogen-bond donors (Lipinski definition) is 2. The number of ether oxygens (including phenoxy) is 2. The molecule has 1 heterocycles. The van der Waals surface area contributed by atoms with E-state index in [1.165, 1.54) is 7.11 Å². The van der Waals surface area contributed by atoms with Gasteiger partial charge in [0.05, 0.1) is 20.3 Å². The van der Waals surface area contributed by atoms with Gasteiger partial charge in [-0.15, -0.1) is 0 Å². The quantitative estimate of drug-likeness (QED) is 0.876. The topological polar surface area (TPSA) is 89.1 Å². The van der Waals surface area contributed by atoms with Crippen LogP contribution in [0.3, 0.4) is 0 Å². The van der Waals surface area contributed by atoms with Crippen molar-refractivity contribution >= 4 is 6.09 Å². The van der Waals surface area contributed by atoms with Crippen molar-refractivity contribution in [2.24, 2.45) is 0 Å². The highest BCUT2D eigenvalue weighted by Crippen LogP contribution is 2.14. The van der Waals surface area contributed by atoms with Gasteiger partial charge >= 0.3 is 6.09 Å². The Bertz CT molecular complexity index is 595. The number of hydrogen-bond acceptors (Lipinski definition) is 5. The van der Waals surface area contributed by atoms with Gasteiger partial charge in [0.2, 0.25) is 0 Å². The number of rotatable bonds is 5. The number of nitrogens with one attached hydrogen (secondary N) is 2. The molecule has 1 aromatic heterocycles. The van der Waals surface area contributed by atoms with Crippen LogP contribution >= 0.6 is 0 Å². The summed E-state index contributed by atoms with van der Waals surface area (Å²) in [6.07, 6.45) is 0.117. The molecule has 2 rings (SSSR count). The Balaban J connectivity index is 2.00. The first kappa shape index (κ1) is 14.8. The van der Waals surface area contributed by atoms with E-state index in [-0.39, 0.29) is 6.04 Å². The number of aromatic nitrogens is 3. The molecule has 1 amide bonds. The molecule has 0 saturated carbocycles. The number of H-pyrrole nitrogens is 1. The molecular formula is C14H18N4O3. The molecule has 0 aliphatic carbocycles. The lowest BCUT2D eigenvalue weighted by molar-refractivity contribution is 0.167. The molecule has 7 heteroatoms. The molecule has 2 aromatic rings. The number of alkyl carbamates (subject to hydrolysis) is 1. The van der Waals surface area contributed by atoms with Crippen LogP contribution in [0.25, 0.3) is 0 Å². The van der Waals surface area contributed by atoms with E-state index in [0.29, 0.717) is 12.2 Å². The summed E-state index contributed by atoms with van der Waals surface area (Å²) < 4.78 is 9.65. The summed E-state index contributed by atoms with van der Waals surface area (Å²) in [5.74, 6) is 2.06. The van der Waals surface area contributed by atoms with Crippen LogP contribution in [0.2, 0.25) is 0 Å². The molecule has 7 nitrogen and oxygen atoms in total. The third kappa shape index (κ3) is 3.95. The summed E-state index contributed by atoms with van der Waals surface area (Å²) in [7, 11) is 2.95. The van der Waals surface area contributed by atoms with Crippen LogP contribution in [0.15, 0.2) is 24.3 Å². The fraction of sp³-hybridized carbons (Fsp3) is 0.357. The second-order valence-corrected chi connectivity index (χ2v) is 4.52. The van der Waals surface area contributed by atoms with Gasteiger partial charge in [0.1, 0.15) is 11.6 Å². The van der Waals surface area contributed by atoms with E-state index in [4.69, 9.17) is 4.74 Å². The van der Waals surface area contributed by atoms with E-state index < -0.39 is 6.09 Å². The predicted octanol–water partition coefficient (Wildman–Crippen LogP) is 1.82. The molecule has 2 N–H and O–H groups in total. The second kappa shape index (κ2) is 6.74. The molecule has 0 spiro atoms. The van der Waals surface area contributed by atoms with Gasteiger partial charge in [-0.25, -0.2) is 9.78 Å². The summed E-state index contributed by atoms with van der Waals surface area (Å²) in [5.41, 5.74) is 1.09. The highest BCUT2D eigenvalue weighted by molar-refractivity contribution is 5.67. The highest BCUT2D eigenvalue weighted by atomic mass is 16.5. The van der Waals surface area contributed by atoms with Gasteiger partial charge in [-0.05, 0) is 24.6 Å². The Morgan fingerprint density at radius 2 is 2.05 bits per heavy atom. The van der Waals surface area contributed by atoms with Gasteiger partial charge in [0, 0.05) is 6.42 Å². The third-order valence-electron chi connectivity index (χ3n) is 2.99. The zero-order chi connectivity index (χ0) is 15.2. The van der Waals surface area contributed by atoms with Gasteiger partial charge in [0.25, 0.3) is 0 Å². The predicted molar refractivity (Wildman–Crippen MR) is 76.1 cm³/mol. The first-order valence-electron chi connectivity index (χ1n) is 6.51. The fourth-order valence-electron chi connectivity index (χ4n) is 1.82. The largest absolute Gasteiger partial charge is 0.497 e. The molecule has 0 radical (unpaired) electrons. The van der Waals surface area contributed by atoms with Crippen molar-refractivity contribution in [1.29, 1.82) is 0 Å². The number of carbonyl (C=O) groups excluding carboxylic acids is 1. The van der Waals surface area contributed by atoms with Gasteiger partial charge in [-0.1, -0.05) is 12.1 Å². The summed E-state index contributed by atoms with van der Waals surface area (Å²) in [6.45, 7) is 1.79. The van der Waals surface area contributed by atoms with Crippen LogP contribution in [-0.4, -0.2) is 35.5 Å². The molecule has 1 atom stereocenters. The number of benzene rings is 1. The van der Waals surface area contributed by atoms with E-state index >= 15 is 0 Å². The molecule has 0 fully saturated rings. The Morgan fingerprint density at radius 1 is 1.33 bits per heavy atom. The van der Waals surface area contributed by atoms with Crippen LogP contribution in [0.1, 0.15) is 30.2 Å². The lowest BCUT2D eigenvalue weighted by Gasteiger charge is -2.08. The van der Waals surface area contributed by atoms with Crippen LogP contribution in [0.4, 0.5) is 4.79 Å². The average Bonchev–Trinajstić information content (AvgIpc) is 2.96. The van der Waals surface area contributed by atoms with Crippen molar-refractivity contribution in [1.82, 2.24) is 20.5 Å². The maximum Gasteiger partial charge on any atom is 0.407 e. The number of methoxy groups -OCH3 is 2. The van der Waals surface area contributed by atoms with Gasteiger partial charge in [0.15, 0.2) is 5.82 Å². The molecular weight excluding hydrogens is 272 g/mol. The SMILES string of the molecule is COC(=O)NC(C)c1n[nH]c(Cc2ccc(OC)cc2)n1. The van der Waals surface area contributed by atoms with Crippen molar-refractivity contribution in [3.8, 4) is 5.75 Å². The summed E-state index contributed by atoms with van der Waals surface area (Å²) in [4.78, 5) is 15.5. The molecule has 0 aliphatic heterocycles. The minimum Gasteiger partial charge on any atom is -0.497 e. The summed E-state index contributed by atoms with van der Waals surface area (Å²) in [5, 5.41) is 9.59. The van der Waals surface area contributed by atoms with Crippen LogP contribution < -0.4 is 10.1 Å². The number of aromatic amines is 1. The van der Waals surface area contributed by atoms with Crippen molar-refractivity contribution < 1.29 is 14.3 Å². The Labute approximate surface area is 122 Å². The van der Waals surface area contributed by atoms with Crippen molar-refractivity contribution in [3.05, 3.63) is 41.5 Å². The second-order valence-electron chi connectivity index (χ2n) is 4.52. The Kier molecular flexibility index (Phi) is 4.76. The zero-order valence-electron chi connectivity index (χ0n) is 12.2. The standard InChI is InChI=1S/C14H18N4O3/c1-9(15-14(19)21-3)13-16-12(17-18-13)8-10-4-6-11(20-2)7-5-10/h4-7,9H,8H2,1-3H3,(H,15,19)(H,16,17,18). The average molecular weight is 290 g/mol. The lowest BCUT2D eigenvalue weighted by Crippen LogP contribution is -2.27. The lowest BCUT2D eigenvalue weighted by atomic mass is 10.1. The van der Waals surface area contributed by atoms with E-state index in [9.17, 15) is 4.79 Å². The monoisotopic (exact) mass is 290 g/mol. The van der Waals surface area contributed by atoms with Crippen LogP contribution in [0.5, 0.6) is 5.75 Å². The maximum atomic E-state index is 11.1. The van der Waals surface area contributed by atoms with E-state index in [1.54, 1.807) is 14.0 Å². The maximum absolute atomic E-state index is 11.1. The van der Waals surface area contributed by atoms with Crippen molar-refractivity contribution in [2.45, 2.75) is 19.4 Å². The van der Waals surface area contributed by atoms with Crippen LogP contribution in [-0.2, 0) is 11.2 Å². The third-order valence-corrected chi connectivity index (χ3v) is 2.99. The first-order valence-corrected chi connectivity index (χ1v) is 6.51. The van der Waals surface area contributed by atoms with E-state index in [0.717, 1.165) is 17.1 Å². The van der Waals surface area contributed by atoms with Crippen molar-refractivity contribution in [3.63, 3.8) is 0 Å². The number of carbonyl (C=O) groups is 1. The Hall–Kier alpha value is -2.57. The molecule has 0 aliphatic rings. The zero-order valence-corrected chi connectivity index (χ0v) is 12.2. The van der Waals surface area contributed by atoms with E-state index in [1.807, 2.05) is 24.3 Å². The van der Waals surface area contributed by atoms with Crippen molar-refractivity contribution in [2.75, 3.05) is 14.2 Å². The fourth-order valence-corrected chi connectivity index (χ4v) is 1.82. The molecule has 1 aromatic carbocycles.